The first-order valence-electron chi connectivity index (χ1n) is 8.19. The molecule has 1 aromatic heterocycles. The van der Waals surface area contributed by atoms with Crippen molar-refractivity contribution in [3.63, 3.8) is 0 Å². The normalized spacial score (nSPS) is 16.1. The van der Waals surface area contributed by atoms with Crippen molar-refractivity contribution in [2.45, 2.75) is 70.5 Å². The number of hydrogen-bond donors (Lipinski definition) is 1. The summed E-state index contributed by atoms with van der Waals surface area (Å²) in [5, 5.41) is 0.0362. The second-order valence-electron chi connectivity index (χ2n) is 8.50. The standard InChI is InChI=1S/C17H31FN2O2SSi/c1-16(2,3)23(21)20-12-15(14-10-9-13(18)11-19-14)22-24(7,8)17(4,5)6/h9-11,15,20H,12H2,1-8H3/t15-,23?/m0/s1. The summed E-state index contributed by atoms with van der Waals surface area (Å²) in [6, 6.07) is 3.01. The van der Waals surface area contributed by atoms with Crippen molar-refractivity contribution in [1.29, 1.82) is 0 Å². The average molecular weight is 375 g/mol. The SMILES string of the molecule is CC(C)(C)[S+]([O-])NC[C@H](O[Si](C)(C)C(C)(C)C)c1ccc(F)cn1. The Bertz CT molecular complexity index is 527. The minimum absolute atomic E-state index is 0.0362. The van der Waals surface area contributed by atoms with E-state index < -0.39 is 19.7 Å². The Labute approximate surface area is 150 Å². The molecule has 1 aromatic rings. The molecule has 0 aromatic carbocycles. The molecule has 1 heterocycles. The molecule has 138 valence electrons. The van der Waals surface area contributed by atoms with Gasteiger partial charge in [-0.15, -0.1) is 4.72 Å². The molecule has 0 aliphatic carbocycles. The third-order valence-corrected chi connectivity index (χ3v) is 10.3. The van der Waals surface area contributed by atoms with Crippen LogP contribution in [0.2, 0.25) is 18.1 Å². The van der Waals surface area contributed by atoms with Crippen LogP contribution in [0.15, 0.2) is 18.3 Å². The molecule has 0 spiro atoms. The lowest BCUT2D eigenvalue weighted by atomic mass is 10.2. The summed E-state index contributed by atoms with van der Waals surface area (Å²) in [7, 11) is -2.05. The van der Waals surface area contributed by atoms with E-state index >= 15 is 0 Å². The van der Waals surface area contributed by atoms with E-state index in [9.17, 15) is 8.94 Å². The van der Waals surface area contributed by atoms with Crippen molar-refractivity contribution in [2.75, 3.05) is 6.54 Å². The largest absolute Gasteiger partial charge is 0.598 e. The summed E-state index contributed by atoms with van der Waals surface area (Å²) in [6.45, 7) is 16.9. The summed E-state index contributed by atoms with van der Waals surface area (Å²) in [4.78, 5) is 4.17. The molecule has 1 rings (SSSR count). The van der Waals surface area contributed by atoms with Crippen LogP contribution in [0, 0.1) is 5.82 Å². The fourth-order valence-corrected chi connectivity index (χ4v) is 3.69. The second-order valence-corrected chi connectivity index (χ2v) is 15.3. The minimum atomic E-state index is -2.05. The molecule has 24 heavy (non-hydrogen) atoms. The van der Waals surface area contributed by atoms with Crippen molar-refractivity contribution >= 4 is 19.7 Å². The fraction of sp³-hybridized carbons (Fsp3) is 0.706. The number of pyridine rings is 1. The van der Waals surface area contributed by atoms with Gasteiger partial charge in [0.15, 0.2) is 8.32 Å². The van der Waals surface area contributed by atoms with Gasteiger partial charge in [-0.3, -0.25) is 4.98 Å². The quantitative estimate of drug-likeness (QED) is 0.594. The number of halogens is 1. The monoisotopic (exact) mass is 374 g/mol. The summed E-state index contributed by atoms with van der Waals surface area (Å²) in [5.74, 6) is -0.379. The van der Waals surface area contributed by atoms with Crippen LogP contribution in [0.3, 0.4) is 0 Å². The lowest BCUT2D eigenvalue weighted by Crippen LogP contribution is -2.46. The van der Waals surface area contributed by atoms with Gasteiger partial charge in [0.2, 0.25) is 0 Å². The van der Waals surface area contributed by atoms with Gasteiger partial charge >= 0.3 is 0 Å². The van der Waals surface area contributed by atoms with Crippen LogP contribution in [-0.4, -0.2) is 29.1 Å². The third kappa shape index (κ3) is 6.11. The molecule has 0 bridgehead atoms. The number of hydrogen-bond acceptors (Lipinski definition) is 4. The van der Waals surface area contributed by atoms with Crippen LogP contribution < -0.4 is 4.72 Å². The number of rotatable bonds is 6. The Morgan fingerprint density at radius 1 is 1.25 bits per heavy atom. The highest BCUT2D eigenvalue weighted by molar-refractivity contribution is 7.90. The topological polar surface area (TPSA) is 57.2 Å². The lowest BCUT2D eigenvalue weighted by Gasteiger charge is -2.39. The molecule has 0 amide bonds. The van der Waals surface area contributed by atoms with Crippen LogP contribution >= 0.6 is 0 Å². The molecule has 0 radical (unpaired) electrons. The zero-order chi connectivity index (χ0) is 18.8. The Hall–Kier alpha value is -0.473. The minimum Gasteiger partial charge on any atom is -0.598 e. The highest BCUT2D eigenvalue weighted by Crippen LogP contribution is 2.39. The Morgan fingerprint density at radius 2 is 1.83 bits per heavy atom. The van der Waals surface area contributed by atoms with Crippen LogP contribution in [-0.2, 0) is 15.8 Å². The third-order valence-electron chi connectivity index (χ3n) is 4.28. The van der Waals surface area contributed by atoms with Crippen LogP contribution in [0.1, 0.15) is 53.3 Å². The van der Waals surface area contributed by atoms with Gasteiger partial charge in [-0.25, -0.2) is 4.39 Å². The van der Waals surface area contributed by atoms with E-state index in [1.165, 1.54) is 12.3 Å². The molecular weight excluding hydrogens is 343 g/mol. The zero-order valence-electron chi connectivity index (χ0n) is 16.1. The van der Waals surface area contributed by atoms with Crippen molar-refractivity contribution in [2.24, 2.45) is 0 Å². The maximum absolute atomic E-state index is 13.2. The number of nitrogens with one attached hydrogen (secondary N) is 1. The van der Waals surface area contributed by atoms with E-state index in [-0.39, 0.29) is 21.7 Å². The van der Waals surface area contributed by atoms with Gasteiger partial charge in [0.25, 0.3) is 0 Å². The van der Waals surface area contributed by atoms with E-state index in [1.54, 1.807) is 6.07 Å². The highest BCUT2D eigenvalue weighted by atomic mass is 32.2. The van der Waals surface area contributed by atoms with Crippen LogP contribution in [0.25, 0.3) is 0 Å². The molecular formula is C17H31FN2O2SSi. The Morgan fingerprint density at radius 3 is 2.25 bits per heavy atom. The van der Waals surface area contributed by atoms with E-state index in [4.69, 9.17) is 4.43 Å². The molecule has 1 unspecified atom stereocenters. The molecule has 0 aliphatic rings. The van der Waals surface area contributed by atoms with Crippen molar-refractivity contribution in [3.8, 4) is 0 Å². The second kappa shape index (κ2) is 7.82. The van der Waals surface area contributed by atoms with E-state index in [1.807, 2.05) is 20.8 Å². The van der Waals surface area contributed by atoms with Gasteiger partial charge < -0.3 is 8.98 Å². The Balaban J connectivity index is 2.98. The van der Waals surface area contributed by atoms with Crippen LogP contribution in [0.5, 0.6) is 0 Å². The molecule has 0 saturated carbocycles. The highest BCUT2D eigenvalue weighted by Gasteiger charge is 2.40. The Kier molecular flexibility index (Phi) is 7.03. The van der Waals surface area contributed by atoms with Crippen molar-refractivity contribution < 1.29 is 13.4 Å². The van der Waals surface area contributed by atoms with Gasteiger partial charge in [0.05, 0.1) is 18.4 Å². The summed E-state index contributed by atoms with van der Waals surface area (Å²) >= 11 is -1.20. The van der Waals surface area contributed by atoms with Gasteiger partial charge in [-0.1, -0.05) is 20.8 Å². The molecule has 1 N–H and O–H groups in total. The summed E-state index contributed by atoms with van der Waals surface area (Å²) < 4.78 is 34.6. The fourth-order valence-electron chi connectivity index (χ4n) is 1.68. The summed E-state index contributed by atoms with van der Waals surface area (Å²) in [6.07, 6.45) is 0.829. The van der Waals surface area contributed by atoms with Gasteiger partial charge in [0.1, 0.15) is 16.7 Å². The maximum atomic E-state index is 13.2. The van der Waals surface area contributed by atoms with Crippen LogP contribution in [0.4, 0.5) is 4.39 Å². The zero-order valence-corrected chi connectivity index (χ0v) is 17.9. The predicted octanol–water partition coefficient (Wildman–Crippen LogP) is 4.34. The molecule has 0 saturated heterocycles. The number of nitrogens with zero attached hydrogens (tertiary/aromatic N) is 1. The first-order chi connectivity index (χ1) is 10.7. The average Bonchev–Trinajstić information content (AvgIpc) is 2.41. The number of aromatic nitrogens is 1. The van der Waals surface area contributed by atoms with E-state index in [0.717, 1.165) is 0 Å². The van der Waals surface area contributed by atoms with Crippen molar-refractivity contribution in [3.05, 3.63) is 29.8 Å². The first-order valence-corrected chi connectivity index (χ1v) is 12.2. The van der Waals surface area contributed by atoms with Crippen molar-refractivity contribution in [1.82, 2.24) is 9.71 Å². The van der Waals surface area contributed by atoms with Gasteiger partial charge in [0, 0.05) is 11.4 Å². The molecule has 0 aliphatic heterocycles. The van der Waals surface area contributed by atoms with Gasteiger partial charge in [-0.05, 0) is 51.0 Å². The van der Waals surface area contributed by atoms with E-state index in [0.29, 0.717) is 12.2 Å². The predicted molar refractivity (Wildman–Crippen MR) is 101 cm³/mol. The molecule has 2 atom stereocenters. The molecule has 0 fully saturated rings. The smallest absolute Gasteiger partial charge is 0.193 e. The van der Waals surface area contributed by atoms with Gasteiger partial charge in [-0.2, -0.15) is 0 Å². The molecule has 7 heteroatoms. The molecule has 4 nitrogen and oxygen atoms in total. The first kappa shape index (κ1) is 21.6. The summed E-state index contributed by atoms with van der Waals surface area (Å²) in [5.41, 5.74) is 0.652. The lowest BCUT2D eigenvalue weighted by molar-refractivity contribution is 0.182. The van der Waals surface area contributed by atoms with E-state index in [2.05, 4.69) is 43.6 Å². The maximum Gasteiger partial charge on any atom is 0.193 e.